The zero-order chi connectivity index (χ0) is 32.2. The van der Waals surface area contributed by atoms with E-state index in [0.717, 1.165) is 24.2 Å². The highest BCUT2D eigenvalue weighted by molar-refractivity contribution is 9.10. The summed E-state index contributed by atoms with van der Waals surface area (Å²) in [6.45, 7) is 12.1. The van der Waals surface area contributed by atoms with E-state index in [-0.39, 0.29) is 7.43 Å². The molecule has 0 bridgehead atoms. The molecule has 2 heterocycles. The number of nitrogens with one attached hydrogen (secondary N) is 1. The number of fused-ring (bicyclic) bond motifs is 2. The Bertz CT molecular complexity index is 1160. The highest BCUT2D eigenvalue weighted by atomic mass is 79.9. The molecule has 7 heteroatoms. The van der Waals surface area contributed by atoms with E-state index in [4.69, 9.17) is 4.72 Å². The van der Waals surface area contributed by atoms with Gasteiger partial charge in [-0.2, -0.15) is 0 Å². The molecule has 0 amide bonds. The Labute approximate surface area is 293 Å². The predicted molar refractivity (Wildman–Crippen MR) is 200 cm³/mol. The zero-order valence-corrected chi connectivity index (χ0v) is 30.6. The van der Waals surface area contributed by atoms with Crippen molar-refractivity contribution in [1.29, 1.82) is 1.45 Å². The van der Waals surface area contributed by atoms with Crippen LogP contribution in [0.15, 0.2) is 45.3 Å². The van der Waals surface area contributed by atoms with Crippen molar-refractivity contribution in [3.05, 3.63) is 67.6 Å². The quantitative estimate of drug-likeness (QED) is 0.292. The zero-order valence-electron chi connectivity index (χ0n) is 28.5. The van der Waals surface area contributed by atoms with Crippen molar-refractivity contribution in [2.45, 2.75) is 122 Å². The van der Waals surface area contributed by atoms with Crippen molar-refractivity contribution in [1.82, 2.24) is 20.0 Å². The molecule has 0 radical (unpaired) electrons. The van der Waals surface area contributed by atoms with Crippen LogP contribution in [0.5, 0.6) is 0 Å². The maximum absolute atomic E-state index is 8.75. The molecule has 2 fully saturated rings. The summed E-state index contributed by atoms with van der Waals surface area (Å²) in [6, 6.07) is 16.8. The second kappa shape index (κ2) is 19.2. The van der Waals surface area contributed by atoms with Crippen LogP contribution >= 0.6 is 31.9 Å². The summed E-state index contributed by atoms with van der Waals surface area (Å²) in [5, 5.41) is 3.50. The molecule has 2 aromatic carbocycles. The summed E-state index contributed by atoms with van der Waals surface area (Å²) < 4.78 is 15.5. The Morgan fingerprint density at radius 1 is 0.711 bits per heavy atom. The molecular formula is C38H61Br2FN4. The van der Waals surface area contributed by atoms with Gasteiger partial charge in [-0.05, 0) is 170 Å². The first-order valence-electron chi connectivity index (χ1n) is 17.8. The van der Waals surface area contributed by atoms with E-state index in [2.05, 4.69) is 111 Å². The Balaban J connectivity index is 0.000000233. The number of halogens is 3. The smallest absolute Gasteiger partial charge is 0.269 e. The summed E-state index contributed by atoms with van der Waals surface area (Å²) in [5.74, 6) is 0. The summed E-state index contributed by atoms with van der Waals surface area (Å²) in [6.07, 6.45) is 15.5. The normalized spacial score (nSPS) is 22.6. The maximum atomic E-state index is 8.75. The lowest BCUT2D eigenvalue weighted by Crippen LogP contribution is -2.50. The fourth-order valence-electron chi connectivity index (χ4n) is 8.29. The van der Waals surface area contributed by atoms with Gasteiger partial charge < -0.3 is 10.2 Å². The Kier molecular flexibility index (Phi) is 15.8. The number of benzene rings is 2. The van der Waals surface area contributed by atoms with Crippen LogP contribution in [0.4, 0.5) is 4.72 Å². The van der Waals surface area contributed by atoms with Crippen LogP contribution in [0.1, 0.15) is 94.9 Å². The van der Waals surface area contributed by atoms with Gasteiger partial charge >= 0.3 is 0 Å². The number of piperidine rings is 2. The van der Waals surface area contributed by atoms with Crippen molar-refractivity contribution in [2.24, 2.45) is 0 Å². The molecule has 1 N–H and O–H groups in total. The lowest BCUT2D eigenvalue weighted by molar-refractivity contribution is 0.0742. The van der Waals surface area contributed by atoms with Gasteiger partial charge in [-0.15, -0.1) is 0 Å². The van der Waals surface area contributed by atoms with Gasteiger partial charge in [0.25, 0.3) is 1.45 Å². The standard InChI is InChI=1S/C19H29BrN2.C18H27BrN2.CH4.FH/c1-3-10-22(18-8-11-21(2)12-9-18)19-7-5-15-4-6-17(20)13-16(15)14-19;1-2-11-21(17-7-9-20-10-8-17)18-6-4-14-3-5-16(19)12-15(14)13-18;;/h4,6,13,18-19H,3,5,7-12,14H2,1-2H3;3,5,12,17-18,20H,2,4,6-11,13H2,1H3;1H4;1H/i/hT. The van der Waals surface area contributed by atoms with Crippen LogP contribution in [0, 0.1) is 0 Å². The molecule has 2 saturated heterocycles. The molecule has 4 nitrogen and oxygen atoms in total. The second-order valence-electron chi connectivity index (χ2n) is 13.6. The molecule has 2 unspecified atom stereocenters. The first kappa shape index (κ1) is 37.0. The minimum Gasteiger partial charge on any atom is -0.317 e. The minimum absolute atomic E-state index is 0. The molecule has 0 spiro atoms. The highest BCUT2D eigenvalue weighted by Crippen LogP contribution is 2.31. The minimum atomic E-state index is 0. The molecule has 0 aromatic heterocycles. The van der Waals surface area contributed by atoms with Gasteiger partial charge in [0.05, 0.1) is 0 Å². The fraction of sp³-hybridized carbons (Fsp3) is 0.684. The number of rotatable bonds is 8. The van der Waals surface area contributed by atoms with E-state index in [9.17, 15) is 0 Å². The summed E-state index contributed by atoms with van der Waals surface area (Å²) in [7, 11) is 2.26. The average Bonchev–Trinajstić information content (AvgIpc) is 3.07. The molecule has 2 aromatic rings. The van der Waals surface area contributed by atoms with Crippen molar-refractivity contribution < 1.29 is 4.72 Å². The van der Waals surface area contributed by atoms with Gasteiger partial charge in [0.15, 0.2) is 0 Å². The van der Waals surface area contributed by atoms with Crippen LogP contribution in [0.3, 0.4) is 0 Å². The van der Waals surface area contributed by atoms with E-state index in [1.807, 2.05) is 0 Å². The molecule has 254 valence electrons. The molecule has 2 atom stereocenters. The third kappa shape index (κ3) is 10.6. The Morgan fingerprint density at radius 3 is 1.60 bits per heavy atom. The maximum Gasteiger partial charge on any atom is 0.269 e. The van der Waals surface area contributed by atoms with Crippen molar-refractivity contribution in [2.75, 3.05) is 46.3 Å². The van der Waals surface area contributed by atoms with Gasteiger partial charge in [-0.25, -0.2) is 0 Å². The lowest BCUT2D eigenvalue weighted by atomic mass is 9.86. The SMILES string of the molecule is C.CCCN(C1CCN(C)CC1)C1CCc2ccc(Br)cc2C1.CCCN(C1CCNCC1)C1CCc2ccc(Br)cc2C1.[3H]F. The van der Waals surface area contributed by atoms with E-state index in [1.54, 1.807) is 22.3 Å². The van der Waals surface area contributed by atoms with Crippen LogP contribution < -0.4 is 5.32 Å². The Hall–Kier alpha value is -0.830. The number of aryl methyl sites for hydroxylation is 2. The summed E-state index contributed by atoms with van der Waals surface area (Å²) in [4.78, 5) is 8.18. The highest BCUT2D eigenvalue weighted by Gasteiger charge is 2.31. The lowest BCUT2D eigenvalue weighted by Gasteiger charge is -2.43. The third-order valence-electron chi connectivity index (χ3n) is 10.6. The molecule has 6 rings (SSSR count). The molecule has 2 aliphatic heterocycles. The first-order valence-corrected chi connectivity index (χ1v) is 19.0. The van der Waals surface area contributed by atoms with Crippen molar-refractivity contribution in [3.8, 4) is 0 Å². The van der Waals surface area contributed by atoms with Gasteiger partial charge in [0.1, 0.15) is 0 Å². The second-order valence-corrected chi connectivity index (χ2v) is 15.4. The number of nitrogens with zero attached hydrogens (tertiary/aromatic N) is 3. The predicted octanol–water partition coefficient (Wildman–Crippen LogP) is 8.67. The van der Waals surface area contributed by atoms with Gasteiger partial charge in [-0.3, -0.25) is 14.5 Å². The van der Waals surface area contributed by atoms with E-state index in [1.165, 1.54) is 125 Å². The van der Waals surface area contributed by atoms with Gasteiger partial charge in [-0.1, -0.05) is 65.3 Å². The van der Waals surface area contributed by atoms with Gasteiger partial charge in [0, 0.05) is 33.1 Å². The third-order valence-corrected chi connectivity index (χ3v) is 11.6. The molecule has 2 aliphatic carbocycles. The van der Waals surface area contributed by atoms with Crippen LogP contribution in [0.25, 0.3) is 0 Å². The summed E-state index contributed by atoms with van der Waals surface area (Å²) >= 11 is 7.28. The van der Waals surface area contributed by atoms with Crippen molar-refractivity contribution in [3.63, 3.8) is 0 Å². The van der Waals surface area contributed by atoms with E-state index >= 15 is 0 Å². The number of hydrogen-bond donors (Lipinski definition) is 1. The monoisotopic (exact) mass is 752 g/mol. The largest absolute Gasteiger partial charge is 0.317 e. The van der Waals surface area contributed by atoms with E-state index < -0.39 is 0 Å². The van der Waals surface area contributed by atoms with Crippen LogP contribution in [-0.2, 0) is 25.7 Å². The van der Waals surface area contributed by atoms with Gasteiger partial charge in [0.2, 0.25) is 0 Å². The molecule has 0 saturated carbocycles. The first-order chi connectivity index (χ1) is 21.9. The van der Waals surface area contributed by atoms with E-state index in [0.29, 0.717) is 0 Å². The molecular weight excluding hydrogens is 691 g/mol. The van der Waals surface area contributed by atoms with Crippen LogP contribution in [0.2, 0.25) is 0 Å². The number of likely N-dealkylation sites (tertiary alicyclic amines) is 1. The molecule has 45 heavy (non-hydrogen) atoms. The number of hydrogen-bond acceptors (Lipinski definition) is 4. The fourth-order valence-corrected chi connectivity index (χ4v) is 9.10. The van der Waals surface area contributed by atoms with Crippen molar-refractivity contribution >= 4 is 31.9 Å². The Morgan fingerprint density at radius 2 is 1.16 bits per heavy atom. The summed E-state index contributed by atoms with van der Waals surface area (Å²) in [5.41, 5.74) is 6.27. The molecule has 4 aliphatic rings. The topological polar surface area (TPSA) is 21.8 Å². The van der Waals surface area contributed by atoms with Crippen LogP contribution in [-0.4, -0.2) is 86.6 Å². The average molecular weight is 755 g/mol.